The molecule has 0 saturated heterocycles. The number of hydrogen-bond acceptors (Lipinski definition) is 4. The first-order chi connectivity index (χ1) is 10.3. The Morgan fingerprint density at radius 2 is 1.95 bits per heavy atom. The van der Waals surface area contributed by atoms with Crippen LogP contribution in [0.1, 0.15) is 29.1 Å². The van der Waals surface area contributed by atoms with Crippen molar-refractivity contribution in [1.82, 2.24) is 10.3 Å². The third-order valence-electron chi connectivity index (χ3n) is 3.38. The normalized spacial score (nSPS) is 12.2. The van der Waals surface area contributed by atoms with Crippen molar-refractivity contribution in [2.24, 2.45) is 0 Å². The zero-order valence-electron chi connectivity index (χ0n) is 11.7. The van der Waals surface area contributed by atoms with Gasteiger partial charge in [0.1, 0.15) is 5.01 Å². The predicted molar refractivity (Wildman–Crippen MR) is 86.0 cm³/mol. The van der Waals surface area contributed by atoms with E-state index in [0.29, 0.717) is 5.56 Å². The highest BCUT2D eigenvalue weighted by Crippen LogP contribution is 2.26. The highest BCUT2D eigenvalue weighted by Gasteiger charge is 2.10. The summed E-state index contributed by atoms with van der Waals surface area (Å²) in [6.07, 6.45) is 0. The second-order valence-electron chi connectivity index (χ2n) is 4.93. The Balaban J connectivity index is 1.68. The predicted octanol–water partition coefficient (Wildman–Crippen LogP) is 4.02. The fourth-order valence-electron chi connectivity index (χ4n) is 2.13. The van der Waals surface area contributed by atoms with Crippen LogP contribution >= 0.6 is 11.3 Å². The van der Waals surface area contributed by atoms with Gasteiger partial charge < -0.3 is 5.32 Å². The van der Waals surface area contributed by atoms with Crippen LogP contribution in [-0.2, 0) is 6.54 Å². The number of nitriles is 1. The van der Waals surface area contributed by atoms with Crippen LogP contribution in [0.25, 0.3) is 10.2 Å². The first kappa shape index (κ1) is 13.7. The summed E-state index contributed by atoms with van der Waals surface area (Å²) in [6, 6.07) is 18.2. The van der Waals surface area contributed by atoms with Crippen LogP contribution in [0.3, 0.4) is 0 Å². The van der Waals surface area contributed by atoms with Gasteiger partial charge in [-0.25, -0.2) is 4.98 Å². The van der Waals surface area contributed by atoms with Gasteiger partial charge in [-0.2, -0.15) is 5.26 Å². The van der Waals surface area contributed by atoms with Crippen molar-refractivity contribution >= 4 is 21.6 Å². The Morgan fingerprint density at radius 1 is 1.19 bits per heavy atom. The number of thiazole rings is 1. The van der Waals surface area contributed by atoms with Crippen molar-refractivity contribution in [2.45, 2.75) is 19.5 Å². The zero-order valence-corrected chi connectivity index (χ0v) is 12.5. The Hall–Kier alpha value is -2.22. The van der Waals surface area contributed by atoms with Crippen LogP contribution in [0.5, 0.6) is 0 Å². The molecule has 0 spiro atoms. The summed E-state index contributed by atoms with van der Waals surface area (Å²) in [7, 11) is 0. The first-order valence-electron chi connectivity index (χ1n) is 6.84. The fourth-order valence-corrected chi connectivity index (χ4v) is 3.12. The lowest BCUT2D eigenvalue weighted by Crippen LogP contribution is -2.17. The summed E-state index contributed by atoms with van der Waals surface area (Å²) in [5.74, 6) is 0. The van der Waals surface area contributed by atoms with Crippen molar-refractivity contribution in [2.75, 3.05) is 0 Å². The van der Waals surface area contributed by atoms with Gasteiger partial charge in [-0.3, -0.25) is 0 Å². The Kier molecular flexibility index (Phi) is 3.96. The van der Waals surface area contributed by atoms with Crippen LogP contribution in [0.15, 0.2) is 48.5 Å². The SMILES string of the molecule is CC(NCc1ccc(C#N)cc1)c1nc2ccccc2s1. The molecule has 1 N–H and O–H groups in total. The molecule has 3 nitrogen and oxygen atoms in total. The summed E-state index contributed by atoms with van der Waals surface area (Å²) in [5, 5.41) is 13.4. The maximum atomic E-state index is 8.79. The van der Waals surface area contributed by atoms with Gasteiger partial charge in [0.25, 0.3) is 0 Å². The maximum Gasteiger partial charge on any atom is 0.111 e. The number of nitrogens with one attached hydrogen (secondary N) is 1. The number of rotatable bonds is 4. The fraction of sp³-hybridized carbons (Fsp3) is 0.176. The minimum atomic E-state index is 0.207. The van der Waals surface area contributed by atoms with E-state index in [1.807, 2.05) is 42.5 Å². The molecule has 0 amide bonds. The van der Waals surface area contributed by atoms with E-state index in [2.05, 4.69) is 29.4 Å². The Morgan fingerprint density at radius 3 is 2.67 bits per heavy atom. The molecule has 3 rings (SSSR count). The number of hydrogen-bond donors (Lipinski definition) is 1. The number of benzene rings is 2. The van der Waals surface area contributed by atoms with E-state index >= 15 is 0 Å². The number of nitrogens with zero attached hydrogens (tertiary/aromatic N) is 2. The molecule has 3 aromatic rings. The van der Waals surface area contributed by atoms with Gasteiger partial charge in [0.05, 0.1) is 27.9 Å². The number of aromatic nitrogens is 1. The van der Waals surface area contributed by atoms with Crippen molar-refractivity contribution in [3.8, 4) is 6.07 Å². The second-order valence-corrected chi connectivity index (χ2v) is 5.99. The van der Waals surface area contributed by atoms with Gasteiger partial charge in [-0.1, -0.05) is 24.3 Å². The number of fused-ring (bicyclic) bond motifs is 1. The van der Waals surface area contributed by atoms with Gasteiger partial charge >= 0.3 is 0 Å². The monoisotopic (exact) mass is 293 g/mol. The summed E-state index contributed by atoms with van der Waals surface area (Å²) >= 11 is 1.73. The molecule has 0 aliphatic rings. The van der Waals surface area contributed by atoms with Gasteiger partial charge in [-0.15, -0.1) is 11.3 Å². The lowest BCUT2D eigenvalue weighted by atomic mass is 10.1. The molecular formula is C17H15N3S. The molecule has 0 aliphatic heterocycles. The summed E-state index contributed by atoms with van der Waals surface area (Å²) in [6.45, 7) is 2.89. The quantitative estimate of drug-likeness (QED) is 0.790. The Labute approximate surface area is 127 Å². The summed E-state index contributed by atoms with van der Waals surface area (Å²) in [5.41, 5.74) is 2.92. The molecule has 1 heterocycles. The van der Waals surface area contributed by atoms with E-state index in [1.54, 1.807) is 11.3 Å². The van der Waals surface area contributed by atoms with E-state index in [-0.39, 0.29) is 6.04 Å². The summed E-state index contributed by atoms with van der Waals surface area (Å²) in [4.78, 5) is 4.67. The lowest BCUT2D eigenvalue weighted by Gasteiger charge is -2.10. The topological polar surface area (TPSA) is 48.7 Å². The molecule has 0 bridgehead atoms. The van der Waals surface area contributed by atoms with Crippen LogP contribution in [-0.4, -0.2) is 4.98 Å². The molecule has 2 aromatic carbocycles. The third-order valence-corrected chi connectivity index (χ3v) is 4.60. The second kappa shape index (κ2) is 6.04. The van der Waals surface area contributed by atoms with E-state index in [9.17, 15) is 0 Å². The van der Waals surface area contributed by atoms with Crippen LogP contribution in [0.4, 0.5) is 0 Å². The molecule has 1 atom stereocenters. The molecule has 0 fully saturated rings. The molecule has 0 radical (unpaired) electrons. The minimum absolute atomic E-state index is 0.207. The molecule has 0 aliphatic carbocycles. The average molecular weight is 293 g/mol. The summed E-state index contributed by atoms with van der Waals surface area (Å²) < 4.78 is 1.22. The standard InChI is InChI=1S/C17H15N3S/c1-12(17-20-15-4-2-3-5-16(15)21-17)19-11-14-8-6-13(10-18)7-9-14/h2-9,12,19H,11H2,1H3. The molecule has 1 unspecified atom stereocenters. The first-order valence-corrected chi connectivity index (χ1v) is 7.66. The molecule has 4 heteroatoms. The van der Waals surface area contributed by atoms with E-state index < -0.39 is 0 Å². The Bertz CT molecular complexity index is 751. The molecule has 104 valence electrons. The smallest absolute Gasteiger partial charge is 0.111 e. The third kappa shape index (κ3) is 3.10. The van der Waals surface area contributed by atoms with E-state index in [0.717, 1.165) is 17.1 Å². The maximum absolute atomic E-state index is 8.79. The molecule has 1 aromatic heterocycles. The van der Waals surface area contributed by atoms with E-state index in [4.69, 9.17) is 5.26 Å². The average Bonchev–Trinajstić information content (AvgIpc) is 2.97. The van der Waals surface area contributed by atoms with E-state index in [1.165, 1.54) is 10.3 Å². The van der Waals surface area contributed by atoms with Gasteiger partial charge in [0.2, 0.25) is 0 Å². The van der Waals surface area contributed by atoms with Crippen molar-refractivity contribution in [3.05, 3.63) is 64.7 Å². The van der Waals surface area contributed by atoms with Crippen LogP contribution in [0, 0.1) is 11.3 Å². The van der Waals surface area contributed by atoms with Crippen molar-refractivity contribution < 1.29 is 0 Å². The molecule has 0 saturated carbocycles. The van der Waals surface area contributed by atoms with Gasteiger partial charge in [0.15, 0.2) is 0 Å². The lowest BCUT2D eigenvalue weighted by molar-refractivity contribution is 0.573. The highest BCUT2D eigenvalue weighted by atomic mass is 32.1. The molecule has 21 heavy (non-hydrogen) atoms. The largest absolute Gasteiger partial charge is 0.304 e. The minimum Gasteiger partial charge on any atom is -0.304 e. The number of para-hydroxylation sites is 1. The van der Waals surface area contributed by atoms with Crippen molar-refractivity contribution in [3.63, 3.8) is 0 Å². The van der Waals surface area contributed by atoms with Crippen LogP contribution < -0.4 is 5.32 Å². The zero-order chi connectivity index (χ0) is 14.7. The van der Waals surface area contributed by atoms with Gasteiger partial charge in [0, 0.05) is 6.54 Å². The molecular weight excluding hydrogens is 278 g/mol. The van der Waals surface area contributed by atoms with Crippen LogP contribution in [0.2, 0.25) is 0 Å². The van der Waals surface area contributed by atoms with Crippen molar-refractivity contribution in [1.29, 1.82) is 5.26 Å². The highest BCUT2D eigenvalue weighted by molar-refractivity contribution is 7.18. The van der Waals surface area contributed by atoms with Gasteiger partial charge in [-0.05, 0) is 36.8 Å².